The molecular formula is C10H8O4S. The highest BCUT2D eigenvalue weighted by atomic mass is 32.2. The lowest BCUT2D eigenvalue weighted by atomic mass is 10.0. The maximum absolute atomic E-state index is 11.6. The van der Waals surface area contributed by atoms with Crippen LogP contribution in [0.4, 0.5) is 0 Å². The molecule has 0 fully saturated rings. The number of benzene rings is 1. The third kappa shape index (κ3) is 1.35. The molecule has 1 N–H and O–H groups in total. The van der Waals surface area contributed by atoms with Crippen LogP contribution in [0.2, 0.25) is 0 Å². The van der Waals surface area contributed by atoms with Crippen LogP contribution in [-0.2, 0) is 14.6 Å². The van der Waals surface area contributed by atoms with Crippen LogP contribution in [-0.4, -0.2) is 19.3 Å². The summed E-state index contributed by atoms with van der Waals surface area (Å²) in [6.45, 7) is 1.29. The van der Waals surface area contributed by atoms with Crippen LogP contribution in [0, 0.1) is 0 Å². The van der Waals surface area contributed by atoms with Crippen molar-refractivity contribution in [1.82, 2.24) is 0 Å². The van der Waals surface area contributed by atoms with Crippen LogP contribution in [0.5, 0.6) is 5.75 Å². The SMILES string of the molecule is CC(=O)C1=CS(=O)(=O)c2c(O)cccc21. The standard InChI is InChI=1S/C10H8O4S/c1-6(11)8-5-15(13,14)10-7(8)3-2-4-9(10)12/h2-5,12H,1H3. The molecule has 0 radical (unpaired) electrons. The lowest BCUT2D eigenvalue weighted by Crippen LogP contribution is -1.94. The highest BCUT2D eigenvalue weighted by Gasteiger charge is 2.31. The first-order valence-corrected chi connectivity index (χ1v) is 5.78. The van der Waals surface area contributed by atoms with Crippen molar-refractivity contribution >= 4 is 21.2 Å². The van der Waals surface area contributed by atoms with E-state index in [1.54, 1.807) is 0 Å². The highest BCUT2D eigenvalue weighted by molar-refractivity contribution is 7.95. The number of phenols is 1. The second-order valence-electron chi connectivity index (χ2n) is 3.29. The van der Waals surface area contributed by atoms with E-state index >= 15 is 0 Å². The molecule has 1 aromatic carbocycles. The fourth-order valence-electron chi connectivity index (χ4n) is 1.59. The van der Waals surface area contributed by atoms with Crippen LogP contribution in [0.25, 0.3) is 5.57 Å². The van der Waals surface area contributed by atoms with Crippen molar-refractivity contribution in [1.29, 1.82) is 0 Å². The number of fused-ring (bicyclic) bond motifs is 1. The van der Waals surface area contributed by atoms with Gasteiger partial charge >= 0.3 is 0 Å². The Morgan fingerprint density at radius 1 is 1.33 bits per heavy atom. The second-order valence-corrected chi connectivity index (χ2v) is 5.02. The molecule has 0 saturated carbocycles. The van der Waals surface area contributed by atoms with Crippen molar-refractivity contribution < 1.29 is 18.3 Å². The van der Waals surface area contributed by atoms with Gasteiger partial charge in [0.15, 0.2) is 5.78 Å². The summed E-state index contributed by atoms with van der Waals surface area (Å²) in [4.78, 5) is 11.0. The van der Waals surface area contributed by atoms with Gasteiger partial charge in [0.25, 0.3) is 0 Å². The van der Waals surface area contributed by atoms with Crippen molar-refractivity contribution in [3.05, 3.63) is 29.2 Å². The molecule has 0 bridgehead atoms. The van der Waals surface area contributed by atoms with Crippen molar-refractivity contribution in [2.45, 2.75) is 11.8 Å². The fraction of sp³-hybridized carbons (Fsp3) is 0.100. The number of hydrogen-bond donors (Lipinski definition) is 1. The van der Waals surface area contributed by atoms with Crippen molar-refractivity contribution in [2.75, 3.05) is 0 Å². The third-order valence-electron chi connectivity index (χ3n) is 2.22. The van der Waals surface area contributed by atoms with Gasteiger partial charge in [0.2, 0.25) is 9.84 Å². The minimum absolute atomic E-state index is 0.126. The number of ketones is 1. The summed E-state index contributed by atoms with van der Waals surface area (Å²) in [6, 6.07) is 4.30. The average Bonchev–Trinajstić information content (AvgIpc) is 2.39. The quantitative estimate of drug-likeness (QED) is 0.775. The average molecular weight is 224 g/mol. The number of carbonyl (C=O) groups excluding carboxylic acids is 1. The Morgan fingerprint density at radius 2 is 2.00 bits per heavy atom. The minimum atomic E-state index is -3.66. The molecule has 0 amide bonds. The largest absolute Gasteiger partial charge is 0.507 e. The molecule has 1 heterocycles. The number of hydrogen-bond acceptors (Lipinski definition) is 4. The maximum Gasteiger partial charge on any atom is 0.204 e. The zero-order chi connectivity index (χ0) is 11.2. The van der Waals surface area contributed by atoms with E-state index in [9.17, 15) is 18.3 Å². The van der Waals surface area contributed by atoms with E-state index in [1.165, 1.54) is 25.1 Å². The molecule has 1 aliphatic rings. The molecule has 2 rings (SSSR count). The summed E-state index contributed by atoms with van der Waals surface area (Å²) < 4.78 is 23.2. The molecule has 5 heteroatoms. The third-order valence-corrected chi connectivity index (χ3v) is 3.77. The topological polar surface area (TPSA) is 71.4 Å². The van der Waals surface area contributed by atoms with Gasteiger partial charge in [-0.1, -0.05) is 12.1 Å². The van der Waals surface area contributed by atoms with Gasteiger partial charge in [-0.05, 0) is 13.0 Å². The van der Waals surface area contributed by atoms with Crippen LogP contribution in [0.3, 0.4) is 0 Å². The van der Waals surface area contributed by atoms with Gasteiger partial charge in [-0.2, -0.15) is 0 Å². The van der Waals surface area contributed by atoms with Crippen LogP contribution in [0.1, 0.15) is 12.5 Å². The predicted molar refractivity (Wildman–Crippen MR) is 54.0 cm³/mol. The van der Waals surface area contributed by atoms with Gasteiger partial charge in [0, 0.05) is 16.5 Å². The molecule has 0 aromatic heterocycles. The zero-order valence-corrected chi connectivity index (χ0v) is 8.71. The maximum atomic E-state index is 11.6. The molecule has 4 nitrogen and oxygen atoms in total. The molecule has 0 spiro atoms. The second kappa shape index (κ2) is 2.93. The Kier molecular flexibility index (Phi) is 1.94. The van der Waals surface area contributed by atoms with Crippen molar-refractivity contribution in [3.8, 4) is 5.75 Å². The first kappa shape index (κ1) is 9.92. The molecule has 0 saturated heterocycles. The van der Waals surface area contributed by atoms with Gasteiger partial charge in [0.1, 0.15) is 10.6 Å². The number of rotatable bonds is 1. The Morgan fingerprint density at radius 3 is 2.60 bits per heavy atom. The minimum Gasteiger partial charge on any atom is -0.507 e. The van der Waals surface area contributed by atoms with E-state index in [-0.39, 0.29) is 27.6 Å². The smallest absolute Gasteiger partial charge is 0.204 e. The Labute approximate surface area is 86.8 Å². The van der Waals surface area contributed by atoms with Gasteiger partial charge in [-0.25, -0.2) is 8.42 Å². The molecule has 15 heavy (non-hydrogen) atoms. The normalized spacial score (nSPS) is 17.0. The molecule has 0 unspecified atom stereocenters. The number of carbonyl (C=O) groups is 1. The van der Waals surface area contributed by atoms with E-state index in [0.29, 0.717) is 0 Å². The van der Waals surface area contributed by atoms with Crippen molar-refractivity contribution in [3.63, 3.8) is 0 Å². The van der Waals surface area contributed by atoms with Gasteiger partial charge in [-0.3, -0.25) is 4.79 Å². The van der Waals surface area contributed by atoms with Gasteiger partial charge < -0.3 is 5.11 Å². The molecular weight excluding hydrogens is 216 g/mol. The first-order chi connectivity index (χ1) is 6.93. The van der Waals surface area contributed by atoms with Gasteiger partial charge in [0.05, 0.1) is 0 Å². The summed E-state index contributed by atoms with van der Waals surface area (Å²) in [6.07, 6.45) is 0. The van der Waals surface area contributed by atoms with E-state index in [2.05, 4.69) is 0 Å². The summed E-state index contributed by atoms with van der Waals surface area (Å²) in [5, 5.41) is 10.3. The van der Waals surface area contributed by atoms with E-state index in [0.717, 1.165) is 5.41 Å². The first-order valence-electron chi connectivity index (χ1n) is 4.23. The number of sulfone groups is 1. The lowest BCUT2D eigenvalue weighted by Gasteiger charge is -2.02. The number of allylic oxidation sites excluding steroid dienone is 1. The van der Waals surface area contributed by atoms with Crippen LogP contribution in [0.15, 0.2) is 28.5 Å². The van der Waals surface area contributed by atoms with Gasteiger partial charge in [-0.15, -0.1) is 0 Å². The predicted octanol–water partition coefficient (Wildman–Crippen LogP) is 1.11. The van der Waals surface area contributed by atoms with E-state index in [1.807, 2.05) is 0 Å². The molecule has 0 atom stereocenters. The van der Waals surface area contributed by atoms with E-state index in [4.69, 9.17) is 0 Å². The van der Waals surface area contributed by atoms with E-state index < -0.39 is 9.84 Å². The van der Waals surface area contributed by atoms with Crippen molar-refractivity contribution in [2.24, 2.45) is 0 Å². The molecule has 1 aliphatic heterocycles. The van der Waals surface area contributed by atoms with Crippen LogP contribution < -0.4 is 0 Å². The molecule has 1 aromatic rings. The number of Topliss-reactive ketones (excluding diaryl/α,β-unsaturated/α-hetero) is 1. The summed E-state index contributed by atoms with van der Waals surface area (Å²) in [7, 11) is -3.66. The summed E-state index contributed by atoms with van der Waals surface area (Å²) >= 11 is 0. The summed E-state index contributed by atoms with van der Waals surface area (Å²) in [5.74, 6) is -0.650. The fourth-order valence-corrected chi connectivity index (χ4v) is 3.15. The molecule has 0 aliphatic carbocycles. The monoisotopic (exact) mass is 224 g/mol. The Bertz CT molecular complexity index is 581. The Balaban J connectivity index is 2.85. The lowest BCUT2D eigenvalue weighted by molar-refractivity contribution is -0.111. The zero-order valence-electron chi connectivity index (χ0n) is 7.89. The molecule has 78 valence electrons. The van der Waals surface area contributed by atoms with Crippen LogP contribution >= 0.6 is 0 Å². The number of phenolic OH excluding ortho intramolecular Hbond substituents is 1. The number of aromatic hydroxyl groups is 1. The highest BCUT2D eigenvalue weighted by Crippen LogP contribution is 2.38. The summed E-state index contributed by atoms with van der Waals surface area (Å²) in [5.41, 5.74) is 0.406. The Hall–Kier alpha value is -1.62.